The molecule has 3 aromatic rings. The number of amides is 1. The van der Waals surface area contributed by atoms with Crippen LogP contribution in [0.4, 0.5) is 4.39 Å². The Morgan fingerprint density at radius 1 is 1.23 bits per heavy atom. The first-order valence-electron chi connectivity index (χ1n) is 8.22. The summed E-state index contributed by atoms with van der Waals surface area (Å²) >= 11 is 0. The van der Waals surface area contributed by atoms with E-state index in [0.29, 0.717) is 12.1 Å². The summed E-state index contributed by atoms with van der Waals surface area (Å²) in [5, 5.41) is 8.41. The van der Waals surface area contributed by atoms with Crippen LogP contribution in [-0.2, 0) is 6.54 Å². The van der Waals surface area contributed by atoms with E-state index >= 15 is 0 Å². The van der Waals surface area contributed by atoms with Gasteiger partial charge in [-0.15, -0.1) is 5.10 Å². The quantitative estimate of drug-likeness (QED) is 0.683. The van der Waals surface area contributed by atoms with Gasteiger partial charge >= 0.3 is 0 Å². The number of rotatable bonds is 6. The van der Waals surface area contributed by atoms with E-state index in [2.05, 4.69) is 10.2 Å². The van der Waals surface area contributed by atoms with Crippen LogP contribution in [-0.4, -0.2) is 39.5 Å². The van der Waals surface area contributed by atoms with E-state index in [9.17, 15) is 9.18 Å². The molecular formula is C19H19FN4O2. The molecule has 6 nitrogen and oxygen atoms in total. The first-order chi connectivity index (χ1) is 12.6. The molecule has 3 rings (SSSR count). The molecule has 1 heterocycles. The van der Waals surface area contributed by atoms with Crippen molar-refractivity contribution < 1.29 is 13.9 Å². The van der Waals surface area contributed by atoms with Gasteiger partial charge in [0.15, 0.2) is 17.3 Å². The highest BCUT2D eigenvalue weighted by atomic mass is 19.1. The van der Waals surface area contributed by atoms with Crippen LogP contribution in [0.3, 0.4) is 0 Å². The number of carbonyl (C=O) groups is 1. The zero-order valence-electron chi connectivity index (χ0n) is 14.6. The highest BCUT2D eigenvalue weighted by molar-refractivity contribution is 5.91. The number of aromatic nitrogens is 3. The first-order valence-corrected chi connectivity index (χ1v) is 8.22. The number of carbonyl (C=O) groups excluding carboxylic acids is 1. The molecule has 0 unspecified atom stereocenters. The third-order valence-electron chi connectivity index (χ3n) is 3.96. The molecule has 0 N–H and O–H groups in total. The number of para-hydroxylation sites is 1. The molecule has 26 heavy (non-hydrogen) atoms. The summed E-state index contributed by atoms with van der Waals surface area (Å²) in [7, 11) is 1.41. The van der Waals surface area contributed by atoms with Crippen LogP contribution >= 0.6 is 0 Å². The lowest BCUT2D eigenvalue weighted by atomic mass is 10.2. The van der Waals surface area contributed by atoms with Gasteiger partial charge in [-0.25, -0.2) is 4.39 Å². The van der Waals surface area contributed by atoms with E-state index in [1.54, 1.807) is 17.0 Å². The lowest BCUT2D eigenvalue weighted by Crippen LogP contribution is -2.30. The number of hydrogen-bond donors (Lipinski definition) is 0. The molecule has 2 aromatic carbocycles. The minimum atomic E-state index is -0.455. The van der Waals surface area contributed by atoms with Gasteiger partial charge in [0.2, 0.25) is 0 Å². The topological polar surface area (TPSA) is 60.2 Å². The average molecular weight is 354 g/mol. The van der Waals surface area contributed by atoms with Gasteiger partial charge in [-0.1, -0.05) is 24.3 Å². The van der Waals surface area contributed by atoms with E-state index in [-0.39, 0.29) is 23.9 Å². The zero-order chi connectivity index (χ0) is 18.5. The summed E-state index contributed by atoms with van der Waals surface area (Å²) in [4.78, 5) is 15.7. The maximum absolute atomic E-state index is 13.9. The maximum atomic E-state index is 13.9. The minimum absolute atomic E-state index is 0.175. The van der Waals surface area contributed by atoms with Crippen molar-refractivity contribution in [2.75, 3.05) is 13.7 Å². The van der Waals surface area contributed by atoms with Crippen LogP contribution in [0.15, 0.2) is 54.7 Å². The lowest BCUT2D eigenvalue weighted by molar-refractivity contribution is 0.0746. The summed E-state index contributed by atoms with van der Waals surface area (Å²) in [5.41, 5.74) is 1.69. The van der Waals surface area contributed by atoms with Crippen LogP contribution < -0.4 is 4.74 Å². The predicted molar refractivity (Wildman–Crippen MR) is 94.7 cm³/mol. The fourth-order valence-corrected chi connectivity index (χ4v) is 2.56. The normalized spacial score (nSPS) is 10.6. The number of methoxy groups -OCH3 is 1. The van der Waals surface area contributed by atoms with Crippen molar-refractivity contribution in [2.45, 2.75) is 13.5 Å². The Balaban J connectivity index is 1.77. The van der Waals surface area contributed by atoms with Crippen molar-refractivity contribution in [2.24, 2.45) is 0 Å². The number of benzene rings is 2. The molecule has 0 aliphatic heterocycles. The number of nitrogens with zero attached hydrogens (tertiary/aromatic N) is 4. The molecule has 0 bridgehead atoms. The van der Waals surface area contributed by atoms with Gasteiger partial charge in [-0.3, -0.25) is 4.79 Å². The smallest absolute Gasteiger partial charge is 0.276 e. The van der Waals surface area contributed by atoms with Crippen LogP contribution in [0.2, 0.25) is 0 Å². The Bertz CT molecular complexity index is 896. The van der Waals surface area contributed by atoms with E-state index in [0.717, 1.165) is 5.69 Å². The summed E-state index contributed by atoms with van der Waals surface area (Å²) < 4.78 is 18.8. The van der Waals surface area contributed by atoms with Crippen LogP contribution in [0.25, 0.3) is 5.69 Å². The van der Waals surface area contributed by atoms with Gasteiger partial charge in [0.1, 0.15) is 0 Å². The SMILES string of the molecule is CCN(Cc1ccc(OC)c(F)c1)C(=O)c1cnn(-c2ccccc2)n1. The fourth-order valence-electron chi connectivity index (χ4n) is 2.56. The second-order valence-corrected chi connectivity index (χ2v) is 5.64. The molecule has 0 spiro atoms. The third kappa shape index (κ3) is 3.72. The molecule has 0 aliphatic rings. The van der Waals surface area contributed by atoms with Gasteiger partial charge in [-0.2, -0.15) is 9.90 Å². The molecule has 1 aromatic heterocycles. The Kier molecular flexibility index (Phi) is 5.26. The zero-order valence-corrected chi connectivity index (χ0v) is 14.6. The van der Waals surface area contributed by atoms with Crippen molar-refractivity contribution in [1.82, 2.24) is 19.9 Å². The molecule has 0 saturated heterocycles. The van der Waals surface area contributed by atoms with Gasteiger partial charge in [0, 0.05) is 13.1 Å². The number of hydrogen-bond acceptors (Lipinski definition) is 4. The van der Waals surface area contributed by atoms with Gasteiger partial charge < -0.3 is 9.64 Å². The van der Waals surface area contributed by atoms with Crippen molar-refractivity contribution in [3.05, 3.63) is 71.8 Å². The molecule has 0 aliphatic carbocycles. The molecule has 0 atom stereocenters. The molecule has 7 heteroatoms. The van der Waals surface area contributed by atoms with Crippen LogP contribution in [0, 0.1) is 5.82 Å². The van der Waals surface area contributed by atoms with Gasteiger partial charge in [-0.05, 0) is 36.8 Å². The van der Waals surface area contributed by atoms with Crippen LogP contribution in [0.1, 0.15) is 23.0 Å². The Morgan fingerprint density at radius 2 is 2.00 bits per heavy atom. The summed E-state index contributed by atoms with van der Waals surface area (Å²) in [5.74, 6) is -0.539. The van der Waals surface area contributed by atoms with E-state index < -0.39 is 5.82 Å². The molecule has 1 amide bonds. The Hall–Kier alpha value is -3.22. The second kappa shape index (κ2) is 7.77. The first kappa shape index (κ1) is 17.6. The lowest BCUT2D eigenvalue weighted by Gasteiger charge is -2.20. The second-order valence-electron chi connectivity index (χ2n) is 5.64. The molecular weight excluding hydrogens is 335 g/mol. The van der Waals surface area contributed by atoms with Crippen molar-refractivity contribution in [3.63, 3.8) is 0 Å². The van der Waals surface area contributed by atoms with Crippen molar-refractivity contribution in [1.29, 1.82) is 0 Å². The Labute approximate surface area is 150 Å². The average Bonchev–Trinajstić information content (AvgIpc) is 3.16. The molecule has 134 valence electrons. The maximum Gasteiger partial charge on any atom is 0.276 e. The van der Waals surface area contributed by atoms with Crippen LogP contribution in [0.5, 0.6) is 5.75 Å². The molecule has 0 fully saturated rings. The highest BCUT2D eigenvalue weighted by Crippen LogP contribution is 2.19. The molecule has 0 radical (unpaired) electrons. The largest absolute Gasteiger partial charge is 0.494 e. The summed E-state index contributed by atoms with van der Waals surface area (Å²) in [6.45, 7) is 2.60. The third-order valence-corrected chi connectivity index (χ3v) is 3.96. The van der Waals surface area contributed by atoms with Crippen molar-refractivity contribution >= 4 is 5.91 Å². The minimum Gasteiger partial charge on any atom is -0.494 e. The highest BCUT2D eigenvalue weighted by Gasteiger charge is 2.19. The fraction of sp³-hybridized carbons (Fsp3) is 0.211. The summed E-state index contributed by atoms with van der Waals surface area (Å²) in [6.07, 6.45) is 1.44. The summed E-state index contributed by atoms with van der Waals surface area (Å²) in [6, 6.07) is 14.0. The van der Waals surface area contributed by atoms with E-state index in [4.69, 9.17) is 4.74 Å². The van der Waals surface area contributed by atoms with Gasteiger partial charge in [0.25, 0.3) is 5.91 Å². The standard InChI is InChI=1S/C19H19FN4O2/c1-3-23(13-14-9-10-18(26-2)16(20)11-14)19(25)17-12-21-24(22-17)15-7-5-4-6-8-15/h4-12H,3,13H2,1-2H3. The molecule has 0 saturated carbocycles. The van der Waals surface area contributed by atoms with Crippen molar-refractivity contribution in [3.8, 4) is 11.4 Å². The number of ether oxygens (including phenoxy) is 1. The van der Waals surface area contributed by atoms with E-state index in [1.165, 1.54) is 24.2 Å². The van der Waals surface area contributed by atoms with Gasteiger partial charge in [0.05, 0.1) is 19.0 Å². The predicted octanol–water partition coefficient (Wildman–Crippen LogP) is 3.08. The van der Waals surface area contributed by atoms with E-state index in [1.807, 2.05) is 37.3 Å². The Morgan fingerprint density at radius 3 is 2.65 bits per heavy atom. The monoisotopic (exact) mass is 354 g/mol. The number of halogens is 1.